The maximum atomic E-state index is 11.6. The minimum absolute atomic E-state index is 0.00808. The number of carbonyl (C=O) groups is 1. The van der Waals surface area contributed by atoms with Crippen molar-refractivity contribution in [3.05, 3.63) is 0 Å². The van der Waals surface area contributed by atoms with Crippen molar-refractivity contribution >= 4 is 5.91 Å². The Kier molecular flexibility index (Phi) is 11.6. The molecule has 2 N–H and O–H groups in total. The fourth-order valence-electron chi connectivity index (χ4n) is 2.12. The summed E-state index contributed by atoms with van der Waals surface area (Å²) in [5, 5.41) is 12.9. The lowest BCUT2D eigenvalue weighted by Gasteiger charge is -2.20. The Balaban J connectivity index is 3.79. The Hall–Kier alpha value is -0.650. The van der Waals surface area contributed by atoms with Crippen molar-refractivity contribution in [2.45, 2.75) is 58.6 Å². The monoisotopic (exact) mass is 302 g/mol. The van der Waals surface area contributed by atoms with Crippen LogP contribution in [0.2, 0.25) is 0 Å². The Morgan fingerprint density at radius 3 is 2.48 bits per heavy atom. The highest BCUT2D eigenvalue weighted by molar-refractivity contribution is 5.80. The molecule has 0 bridgehead atoms. The van der Waals surface area contributed by atoms with E-state index in [1.807, 2.05) is 0 Å². The number of likely N-dealkylation sites (N-methyl/N-ethyl adjacent to an activating group) is 1. The molecule has 126 valence electrons. The highest BCUT2D eigenvalue weighted by atomic mass is 16.5. The van der Waals surface area contributed by atoms with E-state index in [9.17, 15) is 9.90 Å². The van der Waals surface area contributed by atoms with Crippen LogP contribution in [0.4, 0.5) is 0 Å². The van der Waals surface area contributed by atoms with Crippen LogP contribution < -0.4 is 5.32 Å². The lowest BCUT2D eigenvalue weighted by atomic mass is 10.0. The molecule has 0 fully saturated rings. The van der Waals surface area contributed by atoms with E-state index in [1.54, 1.807) is 25.9 Å². The largest absolute Gasteiger partial charge is 0.389 e. The van der Waals surface area contributed by atoms with Gasteiger partial charge < -0.3 is 20.1 Å². The van der Waals surface area contributed by atoms with E-state index in [4.69, 9.17) is 4.74 Å². The van der Waals surface area contributed by atoms with Gasteiger partial charge in [-0.15, -0.1) is 0 Å². The maximum Gasteiger partial charge on any atom is 0.238 e. The van der Waals surface area contributed by atoms with Crippen LogP contribution in [-0.2, 0) is 9.53 Å². The molecule has 0 spiro atoms. The van der Waals surface area contributed by atoms with Gasteiger partial charge in [-0.25, -0.2) is 0 Å². The summed E-state index contributed by atoms with van der Waals surface area (Å²) in [5.41, 5.74) is 0. The molecule has 0 aromatic heterocycles. The predicted octanol–water partition coefficient (Wildman–Crippen LogP) is 1.65. The molecule has 0 saturated carbocycles. The lowest BCUT2D eigenvalue weighted by Crippen LogP contribution is -2.45. The van der Waals surface area contributed by atoms with Crippen LogP contribution in [0.3, 0.4) is 0 Å². The van der Waals surface area contributed by atoms with Crippen LogP contribution in [0.25, 0.3) is 0 Å². The van der Waals surface area contributed by atoms with Crippen molar-refractivity contribution in [2.75, 3.05) is 33.9 Å². The third-order valence-corrected chi connectivity index (χ3v) is 3.68. The first kappa shape index (κ1) is 20.3. The number of unbranched alkanes of at least 4 members (excludes halogenated alkanes) is 1. The second-order valence-electron chi connectivity index (χ2n) is 5.97. The lowest BCUT2D eigenvalue weighted by molar-refractivity contribution is -0.130. The van der Waals surface area contributed by atoms with Crippen LogP contribution in [0.15, 0.2) is 0 Å². The molecule has 3 atom stereocenters. The molecule has 0 rings (SSSR count). The summed E-state index contributed by atoms with van der Waals surface area (Å²) in [6.07, 6.45) is 4.17. The number of aliphatic hydroxyl groups is 1. The number of rotatable bonds is 12. The van der Waals surface area contributed by atoms with Crippen molar-refractivity contribution in [1.82, 2.24) is 10.2 Å². The van der Waals surface area contributed by atoms with E-state index < -0.39 is 6.10 Å². The summed E-state index contributed by atoms with van der Waals surface area (Å²) in [4.78, 5) is 13.2. The van der Waals surface area contributed by atoms with Gasteiger partial charge in [-0.05, 0) is 19.3 Å². The Labute approximate surface area is 130 Å². The van der Waals surface area contributed by atoms with Crippen LogP contribution in [0.1, 0.15) is 46.5 Å². The van der Waals surface area contributed by atoms with Gasteiger partial charge in [0.2, 0.25) is 5.91 Å². The van der Waals surface area contributed by atoms with Crippen molar-refractivity contribution in [3.63, 3.8) is 0 Å². The first-order chi connectivity index (χ1) is 9.92. The number of hydrogen-bond acceptors (Lipinski definition) is 4. The standard InChI is InChI=1S/C16H34N2O3/c1-6-8-9-14(7-2)11-21-12-15(19)10-17-13(3)16(20)18(4)5/h13-15,17,19H,6-12H2,1-5H3. The SMILES string of the molecule is CCCCC(CC)COCC(O)CNC(C)C(=O)N(C)C. The van der Waals surface area contributed by atoms with E-state index in [2.05, 4.69) is 19.2 Å². The van der Waals surface area contributed by atoms with Gasteiger partial charge in [0.25, 0.3) is 0 Å². The fourth-order valence-corrected chi connectivity index (χ4v) is 2.12. The number of amides is 1. The smallest absolute Gasteiger partial charge is 0.238 e. The van der Waals surface area contributed by atoms with E-state index >= 15 is 0 Å². The van der Waals surface area contributed by atoms with Crippen LogP contribution in [-0.4, -0.2) is 61.9 Å². The zero-order chi connectivity index (χ0) is 16.3. The summed E-state index contributed by atoms with van der Waals surface area (Å²) in [7, 11) is 3.45. The number of aliphatic hydroxyl groups excluding tert-OH is 1. The average Bonchev–Trinajstić information content (AvgIpc) is 2.47. The normalized spacial score (nSPS) is 15.5. The van der Waals surface area contributed by atoms with Gasteiger partial charge in [0.15, 0.2) is 0 Å². The zero-order valence-corrected chi connectivity index (χ0v) is 14.4. The molecule has 1 amide bonds. The molecular formula is C16H34N2O3. The maximum absolute atomic E-state index is 11.6. The summed E-state index contributed by atoms with van der Waals surface area (Å²) in [6.45, 7) is 7.56. The highest BCUT2D eigenvalue weighted by Crippen LogP contribution is 2.12. The van der Waals surface area contributed by atoms with Gasteiger partial charge in [0.05, 0.1) is 18.8 Å². The van der Waals surface area contributed by atoms with E-state index in [0.29, 0.717) is 25.7 Å². The Bertz CT molecular complexity index is 272. The van der Waals surface area contributed by atoms with E-state index in [0.717, 1.165) is 6.42 Å². The molecule has 0 aromatic rings. The molecule has 0 aliphatic rings. The predicted molar refractivity (Wildman–Crippen MR) is 86.3 cm³/mol. The summed E-state index contributed by atoms with van der Waals surface area (Å²) in [5.74, 6) is 0.591. The molecule has 3 unspecified atom stereocenters. The number of ether oxygens (including phenoxy) is 1. The number of nitrogens with zero attached hydrogens (tertiary/aromatic N) is 1. The average molecular weight is 302 g/mol. The molecule has 0 aliphatic carbocycles. The van der Waals surface area contributed by atoms with Crippen molar-refractivity contribution < 1.29 is 14.6 Å². The molecule has 0 aliphatic heterocycles. The second-order valence-corrected chi connectivity index (χ2v) is 5.97. The van der Waals surface area contributed by atoms with Gasteiger partial charge in [0, 0.05) is 27.2 Å². The first-order valence-corrected chi connectivity index (χ1v) is 8.12. The zero-order valence-electron chi connectivity index (χ0n) is 14.4. The number of hydrogen-bond donors (Lipinski definition) is 2. The molecule has 0 saturated heterocycles. The Morgan fingerprint density at radius 2 is 1.95 bits per heavy atom. The number of carbonyl (C=O) groups excluding carboxylic acids is 1. The third-order valence-electron chi connectivity index (χ3n) is 3.68. The van der Waals surface area contributed by atoms with Crippen LogP contribution in [0, 0.1) is 5.92 Å². The minimum atomic E-state index is -0.578. The van der Waals surface area contributed by atoms with E-state index in [-0.39, 0.29) is 11.9 Å². The highest BCUT2D eigenvalue weighted by Gasteiger charge is 2.16. The van der Waals surface area contributed by atoms with Crippen molar-refractivity contribution in [1.29, 1.82) is 0 Å². The Morgan fingerprint density at radius 1 is 1.29 bits per heavy atom. The number of nitrogens with one attached hydrogen (secondary N) is 1. The molecule has 5 heteroatoms. The molecule has 21 heavy (non-hydrogen) atoms. The summed E-state index contributed by atoms with van der Waals surface area (Å²) < 4.78 is 5.60. The minimum Gasteiger partial charge on any atom is -0.389 e. The van der Waals surface area contributed by atoms with Gasteiger partial charge in [-0.2, -0.15) is 0 Å². The van der Waals surface area contributed by atoms with Gasteiger partial charge >= 0.3 is 0 Å². The van der Waals surface area contributed by atoms with Crippen LogP contribution in [0.5, 0.6) is 0 Å². The molecule has 0 heterocycles. The second kappa shape index (κ2) is 12.0. The molecule has 5 nitrogen and oxygen atoms in total. The summed E-state index contributed by atoms with van der Waals surface area (Å²) in [6, 6.07) is -0.289. The first-order valence-electron chi connectivity index (χ1n) is 8.12. The van der Waals surface area contributed by atoms with Crippen LogP contribution >= 0.6 is 0 Å². The van der Waals surface area contributed by atoms with Gasteiger partial charge in [-0.3, -0.25) is 4.79 Å². The molecule has 0 aromatic carbocycles. The van der Waals surface area contributed by atoms with Crippen molar-refractivity contribution in [2.24, 2.45) is 5.92 Å². The molecular weight excluding hydrogens is 268 g/mol. The van der Waals surface area contributed by atoms with Gasteiger partial charge in [-0.1, -0.05) is 33.1 Å². The van der Waals surface area contributed by atoms with E-state index in [1.165, 1.54) is 19.3 Å². The molecule has 0 radical (unpaired) electrons. The topological polar surface area (TPSA) is 61.8 Å². The van der Waals surface area contributed by atoms with Crippen molar-refractivity contribution in [3.8, 4) is 0 Å². The third kappa shape index (κ3) is 9.82. The quantitative estimate of drug-likeness (QED) is 0.575. The fraction of sp³-hybridized carbons (Fsp3) is 0.938. The summed E-state index contributed by atoms with van der Waals surface area (Å²) >= 11 is 0. The van der Waals surface area contributed by atoms with Gasteiger partial charge in [0.1, 0.15) is 0 Å².